The van der Waals surface area contributed by atoms with Crippen LogP contribution in [0.2, 0.25) is 0 Å². The van der Waals surface area contributed by atoms with Crippen LogP contribution >= 0.6 is 0 Å². The second kappa shape index (κ2) is 8.33. The topological polar surface area (TPSA) is 97.2 Å². The van der Waals surface area contributed by atoms with E-state index in [0.29, 0.717) is 29.2 Å². The van der Waals surface area contributed by atoms with E-state index in [1.807, 2.05) is 85.8 Å². The Kier molecular flexibility index (Phi) is 4.88. The largest absolute Gasteiger partial charge is 0.422 e. The second-order valence-electron chi connectivity index (χ2n) is 9.76. The number of nitriles is 1. The summed E-state index contributed by atoms with van der Waals surface area (Å²) in [7, 11) is 0. The van der Waals surface area contributed by atoms with Crippen molar-refractivity contribution < 1.29 is 9.53 Å². The molecular formula is C32H23N5O2. The minimum atomic E-state index is -1.48. The van der Waals surface area contributed by atoms with Crippen LogP contribution in [0.5, 0.6) is 5.88 Å². The predicted octanol–water partition coefficient (Wildman–Crippen LogP) is 5.25. The van der Waals surface area contributed by atoms with Gasteiger partial charge in [-0.15, -0.1) is 0 Å². The number of para-hydroxylation sites is 2. The molecule has 0 aliphatic carbocycles. The van der Waals surface area contributed by atoms with Crippen molar-refractivity contribution in [3.05, 3.63) is 131 Å². The van der Waals surface area contributed by atoms with Gasteiger partial charge in [-0.1, -0.05) is 78.9 Å². The van der Waals surface area contributed by atoms with Gasteiger partial charge in [0, 0.05) is 11.3 Å². The number of hydrogen-bond acceptors (Lipinski definition) is 5. The Morgan fingerprint density at radius 2 is 1.67 bits per heavy atom. The van der Waals surface area contributed by atoms with Crippen LogP contribution in [0.1, 0.15) is 22.4 Å². The van der Waals surface area contributed by atoms with E-state index in [1.165, 1.54) is 0 Å². The Balaban J connectivity index is 1.49. The lowest BCUT2D eigenvalue weighted by atomic mass is 9.69. The number of carbonyl (C=O) groups excluding carboxylic acids is 1. The van der Waals surface area contributed by atoms with Gasteiger partial charge in [0.05, 0.1) is 23.5 Å². The first-order chi connectivity index (χ1) is 19.1. The van der Waals surface area contributed by atoms with Crippen molar-refractivity contribution >= 4 is 22.4 Å². The first-order valence-corrected chi connectivity index (χ1v) is 12.7. The van der Waals surface area contributed by atoms with E-state index >= 15 is 0 Å². The molecule has 7 heteroatoms. The maximum Gasteiger partial charge on any atom is 0.248 e. The van der Waals surface area contributed by atoms with Gasteiger partial charge in [0.1, 0.15) is 17.1 Å². The fourth-order valence-corrected chi connectivity index (χ4v) is 6.07. The minimum absolute atomic E-state index is 0.0728. The first-order valence-electron chi connectivity index (χ1n) is 12.7. The molecule has 7 nitrogen and oxygen atoms in total. The lowest BCUT2D eigenvalue weighted by Gasteiger charge is -2.33. The third-order valence-electron chi connectivity index (χ3n) is 7.71. The van der Waals surface area contributed by atoms with E-state index in [1.54, 1.807) is 9.58 Å². The van der Waals surface area contributed by atoms with Crippen molar-refractivity contribution in [3.8, 4) is 17.6 Å². The molecule has 2 aliphatic rings. The molecule has 1 atom stereocenters. The molecule has 1 aromatic heterocycles. The highest BCUT2D eigenvalue weighted by atomic mass is 16.5. The smallest absolute Gasteiger partial charge is 0.248 e. The lowest BCUT2D eigenvalue weighted by molar-refractivity contribution is -0.121. The third-order valence-corrected chi connectivity index (χ3v) is 7.71. The molecule has 0 saturated carbocycles. The summed E-state index contributed by atoms with van der Waals surface area (Å²) in [6.07, 6.45) is 0. The molecule has 4 aromatic carbocycles. The summed E-state index contributed by atoms with van der Waals surface area (Å²) in [5, 5.41) is 17.4. The van der Waals surface area contributed by atoms with Crippen LogP contribution in [0, 0.1) is 18.3 Å². The van der Waals surface area contributed by atoms with Gasteiger partial charge < -0.3 is 15.4 Å². The number of aromatic nitrogens is 2. The van der Waals surface area contributed by atoms with E-state index in [4.69, 9.17) is 15.6 Å². The molecule has 1 unspecified atom stereocenters. The molecule has 1 amide bonds. The summed E-state index contributed by atoms with van der Waals surface area (Å²) in [6, 6.07) is 33.6. The van der Waals surface area contributed by atoms with E-state index in [9.17, 15) is 10.1 Å². The molecular weight excluding hydrogens is 486 g/mol. The van der Waals surface area contributed by atoms with Crippen LogP contribution in [0.15, 0.2) is 109 Å². The summed E-state index contributed by atoms with van der Waals surface area (Å²) < 4.78 is 7.72. The van der Waals surface area contributed by atoms with Crippen molar-refractivity contribution in [2.75, 3.05) is 4.90 Å². The molecule has 2 aliphatic heterocycles. The highest BCUT2D eigenvalue weighted by Crippen LogP contribution is 2.56. The van der Waals surface area contributed by atoms with Crippen LogP contribution in [0.3, 0.4) is 0 Å². The van der Waals surface area contributed by atoms with Crippen molar-refractivity contribution in [3.63, 3.8) is 0 Å². The number of hydrogen-bond donors (Lipinski definition) is 1. The molecule has 0 bridgehead atoms. The Morgan fingerprint density at radius 3 is 2.49 bits per heavy atom. The summed E-state index contributed by atoms with van der Waals surface area (Å²) >= 11 is 0. The summed E-state index contributed by atoms with van der Waals surface area (Å²) in [4.78, 5) is 16.6. The number of ether oxygens (including phenoxy) is 1. The van der Waals surface area contributed by atoms with Gasteiger partial charge in [-0.25, -0.2) is 4.68 Å². The number of amides is 1. The average molecular weight is 510 g/mol. The number of nitrogens with two attached hydrogens (primary N) is 1. The van der Waals surface area contributed by atoms with E-state index < -0.39 is 5.41 Å². The molecule has 0 radical (unpaired) electrons. The van der Waals surface area contributed by atoms with Crippen LogP contribution in [-0.4, -0.2) is 15.7 Å². The number of nitrogens with zero attached hydrogens (tertiary/aromatic N) is 4. The maximum absolute atomic E-state index is 14.8. The number of fused-ring (bicyclic) bond motifs is 5. The van der Waals surface area contributed by atoms with Gasteiger partial charge in [-0.05, 0) is 41.5 Å². The van der Waals surface area contributed by atoms with E-state index in [0.717, 1.165) is 27.7 Å². The fourth-order valence-electron chi connectivity index (χ4n) is 6.07. The normalized spacial score (nSPS) is 17.7. The number of carbonyl (C=O) groups is 1. The molecule has 39 heavy (non-hydrogen) atoms. The molecule has 0 saturated heterocycles. The average Bonchev–Trinajstić information content (AvgIpc) is 3.42. The molecule has 0 fully saturated rings. The standard InChI is InChI=1S/C32H23N5O2/c1-20-28-30(37(35-20)23-13-3-2-4-14-23)39-29(34)26(18-33)32(28)25-16-7-8-17-27(25)36(31(32)38)19-22-12-9-11-21-10-5-6-15-24(21)22/h2-17H,19,34H2,1H3. The predicted molar refractivity (Wildman–Crippen MR) is 148 cm³/mol. The second-order valence-corrected chi connectivity index (χ2v) is 9.76. The zero-order chi connectivity index (χ0) is 26.7. The maximum atomic E-state index is 14.8. The van der Waals surface area contributed by atoms with Gasteiger partial charge in [0.15, 0.2) is 0 Å². The monoisotopic (exact) mass is 509 g/mol. The van der Waals surface area contributed by atoms with Crippen molar-refractivity contribution in [2.45, 2.75) is 18.9 Å². The number of aryl methyl sites for hydroxylation is 1. The Hall–Kier alpha value is -5.35. The van der Waals surface area contributed by atoms with Crippen LogP contribution in [-0.2, 0) is 16.8 Å². The first kappa shape index (κ1) is 22.8. The van der Waals surface area contributed by atoms with Crippen molar-refractivity contribution in [1.82, 2.24) is 9.78 Å². The van der Waals surface area contributed by atoms with Crippen molar-refractivity contribution in [2.24, 2.45) is 5.73 Å². The SMILES string of the molecule is Cc1nn(-c2ccccc2)c2c1C1(C(=O)N(Cc3cccc4ccccc34)c3ccccc31)C(C#N)=C(N)O2. The Morgan fingerprint density at radius 1 is 0.949 bits per heavy atom. The summed E-state index contributed by atoms with van der Waals surface area (Å²) in [5.41, 5.74) is 9.34. The molecule has 5 aromatic rings. The highest BCUT2D eigenvalue weighted by Gasteiger charge is 2.61. The van der Waals surface area contributed by atoms with Gasteiger partial charge in [0.25, 0.3) is 0 Å². The number of rotatable bonds is 3. The van der Waals surface area contributed by atoms with E-state index in [-0.39, 0.29) is 17.4 Å². The molecule has 2 N–H and O–H groups in total. The van der Waals surface area contributed by atoms with Gasteiger partial charge in [-0.2, -0.15) is 10.4 Å². The van der Waals surface area contributed by atoms with Crippen LogP contribution in [0.4, 0.5) is 5.69 Å². The van der Waals surface area contributed by atoms with Gasteiger partial charge in [-0.3, -0.25) is 4.79 Å². The third kappa shape index (κ3) is 3.03. The Labute approximate surface area is 225 Å². The van der Waals surface area contributed by atoms with Crippen LogP contribution in [0.25, 0.3) is 16.5 Å². The van der Waals surface area contributed by atoms with Gasteiger partial charge in [0.2, 0.25) is 17.7 Å². The van der Waals surface area contributed by atoms with E-state index in [2.05, 4.69) is 24.3 Å². The molecule has 3 heterocycles. The molecule has 1 spiro atoms. The lowest BCUT2D eigenvalue weighted by Crippen LogP contribution is -2.46. The molecule has 7 rings (SSSR count). The minimum Gasteiger partial charge on any atom is -0.422 e. The zero-order valence-corrected chi connectivity index (χ0v) is 21.1. The van der Waals surface area contributed by atoms with Crippen LogP contribution < -0.4 is 15.4 Å². The Bertz CT molecular complexity index is 1880. The fraction of sp³-hybridized carbons (Fsp3) is 0.0938. The molecule has 188 valence electrons. The van der Waals surface area contributed by atoms with Gasteiger partial charge >= 0.3 is 0 Å². The number of anilines is 1. The van der Waals surface area contributed by atoms with Crippen molar-refractivity contribution in [1.29, 1.82) is 5.26 Å². The summed E-state index contributed by atoms with van der Waals surface area (Å²) in [5.74, 6) is -0.0148. The number of benzene rings is 4. The zero-order valence-electron chi connectivity index (χ0n) is 21.1. The summed E-state index contributed by atoms with van der Waals surface area (Å²) in [6.45, 7) is 2.17. The quantitative estimate of drug-likeness (QED) is 0.358. The highest BCUT2D eigenvalue weighted by molar-refractivity contribution is 6.14.